The van der Waals surface area contributed by atoms with E-state index < -0.39 is 5.91 Å². The van der Waals surface area contributed by atoms with Gasteiger partial charge in [0.25, 0.3) is 5.91 Å². The first kappa shape index (κ1) is 21.1. The van der Waals surface area contributed by atoms with Crippen molar-refractivity contribution < 1.29 is 14.3 Å². The van der Waals surface area contributed by atoms with Gasteiger partial charge in [-0.2, -0.15) is 5.26 Å². The van der Waals surface area contributed by atoms with Gasteiger partial charge in [0.2, 0.25) is 0 Å². The Kier molecular flexibility index (Phi) is 6.83. The highest BCUT2D eigenvalue weighted by Gasteiger charge is 2.14. The molecule has 3 aromatic rings. The number of hydrogen-bond acceptors (Lipinski definition) is 6. The van der Waals surface area contributed by atoms with Gasteiger partial charge in [-0.3, -0.25) is 10.1 Å². The second kappa shape index (κ2) is 9.72. The van der Waals surface area contributed by atoms with Crippen LogP contribution in [0.4, 0.5) is 5.13 Å². The second-order valence-electron chi connectivity index (χ2n) is 6.60. The molecule has 0 bridgehead atoms. The van der Waals surface area contributed by atoms with Crippen LogP contribution in [0.1, 0.15) is 19.4 Å². The molecule has 7 heteroatoms. The molecule has 152 valence electrons. The summed E-state index contributed by atoms with van der Waals surface area (Å²) in [4.78, 5) is 17.0. The van der Waals surface area contributed by atoms with Crippen molar-refractivity contribution in [3.8, 4) is 28.8 Å². The van der Waals surface area contributed by atoms with Gasteiger partial charge < -0.3 is 9.47 Å². The fourth-order valence-electron chi connectivity index (χ4n) is 2.68. The fourth-order valence-corrected chi connectivity index (χ4v) is 3.39. The lowest BCUT2D eigenvalue weighted by atomic mass is 10.1. The van der Waals surface area contributed by atoms with Crippen LogP contribution in [0.25, 0.3) is 17.3 Å². The van der Waals surface area contributed by atoms with E-state index in [4.69, 9.17) is 9.47 Å². The number of hydrogen-bond donors (Lipinski definition) is 1. The molecule has 3 rings (SSSR count). The van der Waals surface area contributed by atoms with Crippen LogP contribution >= 0.6 is 11.3 Å². The van der Waals surface area contributed by atoms with Crippen LogP contribution in [0.15, 0.2) is 59.5 Å². The van der Waals surface area contributed by atoms with Gasteiger partial charge in [0.1, 0.15) is 11.6 Å². The summed E-state index contributed by atoms with van der Waals surface area (Å²) >= 11 is 1.30. The summed E-state index contributed by atoms with van der Waals surface area (Å²) in [6.45, 7) is 3.85. The molecule has 2 aromatic carbocycles. The maximum atomic E-state index is 12.6. The zero-order valence-corrected chi connectivity index (χ0v) is 17.7. The smallest absolute Gasteiger partial charge is 0.268 e. The normalized spacial score (nSPS) is 11.1. The third-order valence-electron chi connectivity index (χ3n) is 4.02. The molecule has 0 atom stereocenters. The third kappa shape index (κ3) is 5.25. The monoisotopic (exact) mass is 419 g/mol. The molecule has 6 nitrogen and oxygen atoms in total. The van der Waals surface area contributed by atoms with Crippen LogP contribution in [0.3, 0.4) is 0 Å². The predicted octanol–water partition coefficient (Wildman–Crippen LogP) is 5.15. The van der Waals surface area contributed by atoms with Crippen LogP contribution in [-0.4, -0.2) is 24.1 Å². The van der Waals surface area contributed by atoms with Crippen LogP contribution in [0.2, 0.25) is 0 Å². The highest BCUT2D eigenvalue weighted by molar-refractivity contribution is 7.14. The Morgan fingerprint density at radius 2 is 1.97 bits per heavy atom. The van der Waals surface area contributed by atoms with E-state index >= 15 is 0 Å². The Hall–Kier alpha value is -3.63. The SMILES string of the molecule is COc1cc(/C=C(/C#N)C(=O)Nc2nc(-c3ccccc3)cs2)ccc1OC(C)C. The zero-order valence-electron chi connectivity index (χ0n) is 16.9. The van der Waals surface area contributed by atoms with Gasteiger partial charge in [0.15, 0.2) is 16.6 Å². The van der Waals surface area contributed by atoms with E-state index in [-0.39, 0.29) is 11.7 Å². The van der Waals surface area contributed by atoms with Gasteiger partial charge in [0, 0.05) is 10.9 Å². The predicted molar refractivity (Wildman–Crippen MR) is 119 cm³/mol. The first-order chi connectivity index (χ1) is 14.5. The number of carbonyl (C=O) groups is 1. The number of rotatable bonds is 7. The molecule has 1 N–H and O–H groups in total. The van der Waals surface area contributed by atoms with E-state index in [9.17, 15) is 10.1 Å². The number of ether oxygens (including phenoxy) is 2. The lowest BCUT2D eigenvalue weighted by Crippen LogP contribution is -2.13. The molecular weight excluding hydrogens is 398 g/mol. The number of nitrogens with one attached hydrogen (secondary N) is 1. The molecule has 1 amide bonds. The number of nitrogens with zero attached hydrogens (tertiary/aromatic N) is 2. The molecule has 0 aliphatic carbocycles. The molecule has 30 heavy (non-hydrogen) atoms. The summed E-state index contributed by atoms with van der Waals surface area (Å²) < 4.78 is 11.0. The fraction of sp³-hybridized carbons (Fsp3) is 0.174. The van der Waals surface area contributed by atoms with E-state index in [1.807, 2.05) is 55.6 Å². The zero-order chi connectivity index (χ0) is 21.5. The van der Waals surface area contributed by atoms with Crippen molar-refractivity contribution in [2.45, 2.75) is 20.0 Å². The number of anilines is 1. The molecule has 1 heterocycles. The van der Waals surface area contributed by atoms with Crippen molar-refractivity contribution in [3.05, 3.63) is 65.0 Å². The molecule has 0 unspecified atom stereocenters. The second-order valence-corrected chi connectivity index (χ2v) is 7.46. The maximum absolute atomic E-state index is 12.6. The lowest BCUT2D eigenvalue weighted by molar-refractivity contribution is -0.112. The van der Waals surface area contributed by atoms with Gasteiger partial charge in [-0.25, -0.2) is 4.98 Å². The van der Waals surface area contributed by atoms with E-state index in [1.54, 1.807) is 25.3 Å². The molecule has 0 saturated carbocycles. The minimum absolute atomic E-state index is 0.000174. The molecule has 0 radical (unpaired) electrons. The number of aromatic nitrogens is 1. The highest BCUT2D eigenvalue weighted by Crippen LogP contribution is 2.30. The van der Waals surface area contributed by atoms with Gasteiger partial charge in [-0.15, -0.1) is 11.3 Å². The van der Waals surface area contributed by atoms with Gasteiger partial charge >= 0.3 is 0 Å². The Morgan fingerprint density at radius 3 is 2.63 bits per heavy atom. The Morgan fingerprint density at radius 1 is 1.20 bits per heavy atom. The Labute approximate surface area is 179 Å². The van der Waals surface area contributed by atoms with Crippen molar-refractivity contribution in [1.82, 2.24) is 4.98 Å². The third-order valence-corrected chi connectivity index (χ3v) is 4.78. The van der Waals surface area contributed by atoms with E-state index in [2.05, 4.69) is 10.3 Å². The standard InChI is InChI=1S/C23H21N3O3S/c1-15(2)29-20-10-9-16(12-21(20)28-3)11-18(13-24)22(27)26-23-25-19(14-30-23)17-7-5-4-6-8-17/h4-12,14-15H,1-3H3,(H,25,26,27)/b18-11-. The Bertz CT molecular complexity index is 1100. The first-order valence-corrected chi connectivity index (χ1v) is 10.2. The number of methoxy groups -OCH3 is 1. The molecule has 1 aromatic heterocycles. The number of nitriles is 1. The quantitative estimate of drug-likeness (QED) is 0.423. The van der Waals surface area contributed by atoms with Gasteiger partial charge in [0.05, 0.1) is 18.9 Å². The minimum atomic E-state index is -0.520. The van der Waals surface area contributed by atoms with Crippen molar-refractivity contribution in [3.63, 3.8) is 0 Å². The van der Waals surface area contributed by atoms with E-state index in [0.29, 0.717) is 22.2 Å². The van der Waals surface area contributed by atoms with Crippen LogP contribution in [0, 0.1) is 11.3 Å². The molecule has 0 spiro atoms. The largest absolute Gasteiger partial charge is 0.493 e. The van der Waals surface area contributed by atoms with E-state index in [1.165, 1.54) is 17.4 Å². The van der Waals surface area contributed by atoms with Crippen molar-refractivity contribution >= 4 is 28.5 Å². The minimum Gasteiger partial charge on any atom is -0.493 e. The van der Waals surface area contributed by atoms with Crippen molar-refractivity contribution in [2.24, 2.45) is 0 Å². The summed E-state index contributed by atoms with van der Waals surface area (Å²) in [5.41, 5.74) is 2.34. The summed E-state index contributed by atoms with van der Waals surface area (Å²) in [6.07, 6.45) is 1.50. The van der Waals surface area contributed by atoms with Crippen molar-refractivity contribution in [1.29, 1.82) is 5.26 Å². The first-order valence-electron chi connectivity index (χ1n) is 9.29. The average Bonchev–Trinajstić information content (AvgIpc) is 3.21. The molecule has 0 aliphatic rings. The number of carbonyl (C=O) groups excluding carboxylic acids is 1. The maximum Gasteiger partial charge on any atom is 0.268 e. The Balaban J connectivity index is 1.77. The summed E-state index contributed by atoms with van der Waals surface area (Å²) in [6, 6.07) is 16.9. The molecule has 0 saturated heterocycles. The molecule has 0 aliphatic heterocycles. The number of thiazole rings is 1. The lowest BCUT2D eigenvalue weighted by Gasteiger charge is -2.13. The van der Waals surface area contributed by atoms with Crippen LogP contribution in [-0.2, 0) is 4.79 Å². The average molecular weight is 420 g/mol. The van der Waals surface area contributed by atoms with E-state index in [0.717, 1.165) is 11.3 Å². The number of amides is 1. The molecule has 0 fully saturated rings. The molecular formula is C23H21N3O3S. The summed E-state index contributed by atoms with van der Waals surface area (Å²) in [5.74, 6) is 0.611. The highest BCUT2D eigenvalue weighted by atomic mass is 32.1. The number of benzene rings is 2. The summed E-state index contributed by atoms with van der Waals surface area (Å²) in [7, 11) is 1.54. The topological polar surface area (TPSA) is 84.2 Å². The van der Waals surface area contributed by atoms with Crippen molar-refractivity contribution in [2.75, 3.05) is 12.4 Å². The van der Waals surface area contributed by atoms with Gasteiger partial charge in [-0.1, -0.05) is 36.4 Å². The van der Waals surface area contributed by atoms with Gasteiger partial charge in [-0.05, 0) is 37.6 Å². The summed E-state index contributed by atoms with van der Waals surface area (Å²) in [5, 5.41) is 14.4. The van der Waals surface area contributed by atoms with Crippen LogP contribution < -0.4 is 14.8 Å². The van der Waals surface area contributed by atoms with Crippen LogP contribution in [0.5, 0.6) is 11.5 Å².